The summed E-state index contributed by atoms with van der Waals surface area (Å²) < 4.78 is 1.07. The van der Waals surface area contributed by atoms with E-state index in [9.17, 15) is 0 Å². The van der Waals surface area contributed by atoms with Gasteiger partial charge in [0.1, 0.15) is 0 Å². The number of nitrogen functional groups attached to an aromatic ring is 1. The maximum absolute atomic E-state index is 5.98. The van der Waals surface area contributed by atoms with Gasteiger partial charge in [-0.25, -0.2) is 0 Å². The minimum atomic E-state index is 0.515. The molecule has 1 fully saturated rings. The Balaban J connectivity index is 2.00. The fourth-order valence-corrected chi connectivity index (χ4v) is 2.78. The molecule has 1 aliphatic rings. The fourth-order valence-electron chi connectivity index (χ4n) is 2.42. The van der Waals surface area contributed by atoms with Gasteiger partial charge in [0.2, 0.25) is 0 Å². The minimum absolute atomic E-state index is 0.515. The van der Waals surface area contributed by atoms with Crippen molar-refractivity contribution < 1.29 is 0 Å². The number of rotatable bonds is 2. The summed E-state index contributed by atoms with van der Waals surface area (Å²) in [4.78, 5) is 0. The Morgan fingerprint density at radius 1 is 1.29 bits per heavy atom. The highest BCUT2D eigenvalue weighted by Gasteiger charge is 2.26. The lowest BCUT2D eigenvalue weighted by molar-refractivity contribution is 0.232. The highest BCUT2D eigenvalue weighted by atomic mass is 79.9. The lowest BCUT2D eigenvalue weighted by atomic mass is 9.75. The number of nitrogens with one attached hydrogen (secondary N) is 1. The third kappa shape index (κ3) is 3.38. The Bertz CT molecular complexity index is 391. The Morgan fingerprint density at radius 2 is 1.94 bits per heavy atom. The van der Waals surface area contributed by atoms with Crippen molar-refractivity contribution in [3.05, 3.63) is 22.7 Å². The van der Waals surface area contributed by atoms with Crippen LogP contribution in [0.25, 0.3) is 0 Å². The second-order valence-electron chi connectivity index (χ2n) is 5.81. The molecule has 2 nitrogen and oxygen atoms in total. The highest BCUT2D eigenvalue weighted by Crippen LogP contribution is 2.36. The summed E-state index contributed by atoms with van der Waals surface area (Å²) in [5.41, 5.74) is 8.38. The summed E-state index contributed by atoms with van der Waals surface area (Å²) in [7, 11) is 0. The third-order valence-electron chi connectivity index (χ3n) is 3.71. The minimum Gasteiger partial charge on any atom is -0.397 e. The van der Waals surface area contributed by atoms with Crippen molar-refractivity contribution >= 4 is 27.3 Å². The summed E-state index contributed by atoms with van der Waals surface area (Å²) in [6.45, 7) is 4.72. The van der Waals surface area contributed by atoms with Crippen LogP contribution in [-0.4, -0.2) is 6.04 Å². The molecule has 0 aromatic heterocycles. The van der Waals surface area contributed by atoms with E-state index in [0.717, 1.165) is 15.8 Å². The van der Waals surface area contributed by atoms with Gasteiger partial charge in [-0.2, -0.15) is 0 Å². The van der Waals surface area contributed by atoms with E-state index in [1.807, 2.05) is 12.1 Å². The molecule has 0 aliphatic heterocycles. The zero-order chi connectivity index (χ0) is 12.5. The molecule has 0 amide bonds. The van der Waals surface area contributed by atoms with Crippen LogP contribution in [0.2, 0.25) is 0 Å². The fraction of sp³-hybridized carbons (Fsp3) is 0.571. The van der Waals surface area contributed by atoms with Gasteiger partial charge in [-0.1, -0.05) is 29.8 Å². The molecule has 3 N–H and O–H groups in total. The van der Waals surface area contributed by atoms with Crippen LogP contribution in [0.5, 0.6) is 0 Å². The van der Waals surface area contributed by atoms with Crippen molar-refractivity contribution in [3.63, 3.8) is 0 Å². The van der Waals surface area contributed by atoms with Gasteiger partial charge < -0.3 is 11.1 Å². The first-order valence-electron chi connectivity index (χ1n) is 6.28. The Labute approximate surface area is 112 Å². The molecule has 0 heterocycles. The lowest BCUT2D eigenvalue weighted by Gasteiger charge is -2.35. The number of hydrogen-bond acceptors (Lipinski definition) is 2. The standard InChI is InChI=1S/C14H21BrN2/c1-14(2)7-5-11(6-8-14)17-13-9-10(15)3-4-12(13)16/h3-4,9,11,17H,5-8,16H2,1-2H3. The van der Waals surface area contributed by atoms with Crippen molar-refractivity contribution in [2.24, 2.45) is 5.41 Å². The molecule has 3 heteroatoms. The molecule has 1 aromatic rings. The zero-order valence-electron chi connectivity index (χ0n) is 10.6. The Kier molecular flexibility index (Phi) is 3.67. The Hall–Kier alpha value is -0.700. The second kappa shape index (κ2) is 4.89. The molecule has 0 atom stereocenters. The van der Waals surface area contributed by atoms with E-state index in [0.29, 0.717) is 11.5 Å². The van der Waals surface area contributed by atoms with Gasteiger partial charge in [-0.05, 0) is 49.3 Å². The lowest BCUT2D eigenvalue weighted by Crippen LogP contribution is -2.30. The average molecular weight is 297 g/mol. The third-order valence-corrected chi connectivity index (χ3v) is 4.21. The van der Waals surface area contributed by atoms with Gasteiger partial charge in [0, 0.05) is 10.5 Å². The van der Waals surface area contributed by atoms with Gasteiger partial charge in [0.05, 0.1) is 11.4 Å². The van der Waals surface area contributed by atoms with E-state index in [-0.39, 0.29) is 0 Å². The van der Waals surface area contributed by atoms with Gasteiger partial charge >= 0.3 is 0 Å². The predicted molar refractivity (Wildman–Crippen MR) is 78.2 cm³/mol. The first kappa shape index (κ1) is 12.7. The molecule has 1 aromatic carbocycles. The molecule has 1 saturated carbocycles. The van der Waals surface area contributed by atoms with E-state index >= 15 is 0 Å². The summed E-state index contributed by atoms with van der Waals surface area (Å²) in [6, 6.07) is 6.55. The normalized spacial score (nSPS) is 20.2. The van der Waals surface area contributed by atoms with Crippen molar-refractivity contribution in [3.8, 4) is 0 Å². The van der Waals surface area contributed by atoms with Crippen molar-refractivity contribution in [2.75, 3.05) is 11.1 Å². The van der Waals surface area contributed by atoms with E-state index in [2.05, 4.69) is 41.2 Å². The monoisotopic (exact) mass is 296 g/mol. The van der Waals surface area contributed by atoms with Crippen LogP contribution in [0.15, 0.2) is 22.7 Å². The number of nitrogens with two attached hydrogens (primary N) is 1. The van der Waals surface area contributed by atoms with E-state index in [1.54, 1.807) is 0 Å². The zero-order valence-corrected chi connectivity index (χ0v) is 12.2. The molecule has 0 spiro atoms. The van der Waals surface area contributed by atoms with Crippen molar-refractivity contribution in [1.82, 2.24) is 0 Å². The maximum atomic E-state index is 5.98. The van der Waals surface area contributed by atoms with Gasteiger partial charge in [-0.3, -0.25) is 0 Å². The van der Waals surface area contributed by atoms with Crippen LogP contribution in [-0.2, 0) is 0 Å². The first-order valence-corrected chi connectivity index (χ1v) is 7.07. The first-order chi connectivity index (χ1) is 7.96. The van der Waals surface area contributed by atoms with Crippen molar-refractivity contribution in [1.29, 1.82) is 0 Å². The van der Waals surface area contributed by atoms with E-state index in [1.165, 1.54) is 25.7 Å². The predicted octanol–water partition coefficient (Wildman–Crippen LogP) is 4.41. The highest BCUT2D eigenvalue weighted by molar-refractivity contribution is 9.10. The Morgan fingerprint density at radius 3 is 2.59 bits per heavy atom. The molecule has 17 heavy (non-hydrogen) atoms. The summed E-state index contributed by atoms with van der Waals surface area (Å²) >= 11 is 3.48. The number of hydrogen-bond donors (Lipinski definition) is 2. The number of anilines is 2. The van der Waals surface area contributed by atoms with Crippen LogP contribution in [0.4, 0.5) is 11.4 Å². The molecular weight excluding hydrogens is 276 g/mol. The summed E-state index contributed by atoms with van der Waals surface area (Å²) in [5.74, 6) is 0. The topological polar surface area (TPSA) is 38.0 Å². The smallest absolute Gasteiger partial charge is 0.0587 e. The largest absolute Gasteiger partial charge is 0.397 e. The van der Waals surface area contributed by atoms with Crippen LogP contribution < -0.4 is 11.1 Å². The summed E-state index contributed by atoms with van der Waals surface area (Å²) in [6.07, 6.45) is 5.05. The van der Waals surface area contributed by atoms with Gasteiger partial charge in [0.25, 0.3) is 0 Å². The van der Waals surface area contributed by atoms with E-state index in [4.69, 9.17) is 5.73 Å². The summed E-state index contributed by atoms with van der Waals surface area (Å²) in [5, 5.41) is 3.57. The number of benzene rings is 1. The second-order valence-corrected chi connectivity index (χ2v) is 6.73. The molecule has 0 radical (unpaired) electrons. The van der Waals surface area contributed by atoms with Gasteiger partial charge in [0.15, 0.2) is 0 Å². The maximum Gasteiger partial charge on any atom is 0.0587 e. The molecule has 0 unspecified atom stereocenters. The van der Waals surface area contributed by atoms with Crippen LogP contribution in [0.3, 0.4) is 0 Å². The number of halogens is 1. The SMILES string of the molecule is CC1(C)CCC(Nc2cc(Br)ccc2N)CC1. The molecule has 0 saturated heterocycles. The van der Waals surface area contributed by atoms with Crippen LogP contribution in [0.1, 0.15) is 39.5 Å². The molecule has 0 bridgehead atoms. The van der Waals surface area contributed by atoms with E-state index < -0.39 is 0 Å². The molecular formula is C14H21BrN2. The molecule has 94 valence electrons. The molecule has 1 aliphatic carbocycles. The quantitative estimate of drug-likeness (QED) is 0.793. The average Bonchev–Trinajstić information content (AvgIpc) is 2.26. The van der Waals surface area contributed by atoms with Gasteiger partial charge in [-0.15, -0.1) is 0 Å². The van der Waals surface area contributed by atoms with Crippen LogP contribution in [0, 0.1) is 5.41 Å². The molecule has 2 rings (SSSR count). The van der Waals surface area contributed by atoms with Crippen molar-refractivity contribution in [2.45, 2.75) is 45.6 Å². The van der Waals surface area contributed by atoms with Crippen LogP contribution >= 0.6 is 15.9 Å².